The molecule has 3 nitrogen and oxygen atoms in total. The standard InChI is InChI=1S/C16H17BrO3/c1-19-12-7-8-13(16(10-12)20-2)15(18)9-11-5-3-4-6-14(11)17/h3-8,10,15,18H,9H2,1-2H3. The van der Waals surface area contributed by atoms with E-state index in [0.29, 0.717) is 17.9 Å². The topological polar surface area (TPSA) is 38.7 Å². The largest absolute Gasteiger partial charge is 0.497 e. The van der Waals surface area contributed by atoms with E-state index < -0.39 is 6.10 Å². The Morgan fingerprint density at radius 2 is 1.85 bits per heavy atom. The van der Waals surface area contributed by atoms with Crippen LogP contribution in [0.3, 0.4) is 0 Å². The average Bonchev–Trinajstić information content (AvgIpc) is 2.48. The fourth-order valence-electron chi connectivity index (χ4n) is 2.08. The highest BCUT2D eigenvalue weighted by atomic mass is 79.9. The van der Waals surface area contributed by atoms with Gasteiger partial charge in [-0.1, -0.05) is 34.1 Å². The van der Waals surface area contributed by atoms with Crippen LogP contribution < -0.4 is 9.47 Å². The highest BCUT2D eigenvalue weighted by Crippen LogP contribution is 2.32. The van der Waals surface area contributed by atoms with Gasteiger partial charge in [-0.2, -0.15) is 0 Å². The normalized spacial score (nSPS) is 12.0. The molecule has 0 saturated carbocycles. The van der Waals surface area contributed by atoms with Gasteiger partial charge in [-0.05, 0) is 23.8 Å². The molecule has 0 aliphatic rings. The van der Waals surface area contributed by atoms with Crippen molar-refractivity contribution in [3.63, 3.8) is 0 Å². The van der Waals surface area contributed by atoms with Gasteiger partial charge in [-0.15, -0.1) is 0 Å². The van der Waals surface area contributed by atoms with Gasteiger partial charge in [0.1, 0.15) is 11.5 Å². The van der Waals surface area contributed by atoms with E-state index in [0.717, 1.165) is 15.6 Å². The average molecular weight is 337 g/mol. The van der Waals surface area contributed by atoms with Crippen molar-refractivity contribution in [2.75, 3.05) is 14.2 Å². The lowest BCUT2D eigenvalue weighted by Gasteiger charge is -2.16. The third-order valence-electron chi connectivity index (χ3n) is 3.17. The van der Waals surface area contributed by atoms with Crippen LogP contribution in [0.1, 0.15) is 17.2 Å². The second kappa shape index (κ2) is 6.77. The van der Waals surface area contributed by atoms with E-state index in [1.165, 1.54) is 0 Å². The number of aliphatic hydroxyl groups is 1. The Labute approximate surface area is 127 Å². The van der Waals surface area contributed by atoms with Crippen molar-refractivity contribution >= 4 is 15.9 Å². The fraction of sp³-hybridized carbons (Fsp3) is 0.250. The summed E-state index contributed by atoms with van der Waals surface area (Å²) in [7, 11) is 3.19. The summed E-state index contributed by atoms with van der Waals surface area (Å²) in [5.74, 6) is 1.34. The maximum Gasteiger partial charge on any atom is 0.128 e. The third kappa shape index (κ3) is 3.32. The lowest BCUT2D eigenvalue weighted by atomic mass is 10.0. The third-order valence-corrected chi connectivity index (χ3v) is 3.94. The number of ether oxygens (including phenoxy) is 2. The van der Waals surface area contributed by atoms with Crippen LogP contribution in [-0.4, -0.2) is 19.3 Å². The van der Waals surface area contributed by atoms with Crippen LogP contribution in [0.25, 0.3) is 0 Å². The summed E-state index contributed by atoms with van der Waals surface area (Å²) in [6.45, 7) is 0. The molecule has 20 heavy (non-hydrogen) atoms. The molecule has 0 aliphatic heterocycles. The van der Waals surface area contributed by atoms with Crippen LogP contribution in [0.15, 0.2) is 46.9 Å². The SMILES string of the molecule is COc1ccc(C(O)Cc2ccccc2Br)c(OC)c1. The van der Waals surface area contributed by atoms with E-state index in [9.17, 15) is 5.11 Å². The zero-order chi connectivity index (χ0) is 14.5. The van der Waals surface area contributed by atoms with E-state index in [2.05, 4.69) is 15.9 Å². The van der Waals surface area contributed by atoms with Gasteiger partial charge < -0.3 is 14.6 Å². The molecule has 1 unspecified atom stereocenters. The van der Waals surface area contributed by atoms with Crippen LogP contribution in [0.2, 0.25) is 0 Å². The first-order valence-electron chi connectivity index (χ1n) is 6.29. The van der Waals surface area contributed by atoms with Crippen molar-refractivity contribution in [2.24, 2.45) is 0 Å². The highest BCUT2D eigenvalue weighted by Gasteiger charge is 2.15. The van der Waals surface area contributed by atoms with Crippen LogP contribution in [0, 0.1) is 0 Å². The van der Waals surface area contributed by atoms with E-state index >= 15 is 0 Å². The monoisotopic (exact) mass is 336 g/mol. The minimum absolute atomic E-state index is 0.518. The minimum Gasteiger partial charge on any atom is -0.497 e. The molecule has 4 heteroatoms. The molecular formula is C16H17BrO3. The Bertz CT molecular complexity index is 584. The molecule has 1 atom stereocenters. The van der Waals surface area contributed by atoms with E-state index in [-0.39, 0.29) is 0 Å². The van der Waals surface area contributed by atoms with Crippen LogP contribution >= 0.6 is 15.9 Å². The highest BCUT2D eigenvalue weighted by molar-refractivity contribution is 9.10. The Hall–Kier alpha value is -1.52. The van der Waals surface area contributed by atoms with E-state index in [1.54, 1.807) is 20.3 Å². The molecule has 0 heterocycles. The number of benzene rings is 2. The van der Waals surface area contributed by atoms with Crippen LogP contribution in [-0.2, 0) is 6.42 Å². The minimum atomic E-state index is -0.630. The summed E-state index contributed by atoms with van der Waals surface area (Å²) >= 11 is 3.49. The molecule has 1 N–H and O–H groups in total. The van der Waals surface area contributed by atoms with Gasteiger partial charge >= 0.3 is 0 Å². The van der Waals surface area contributed by atoms with E-state index in [4.69, 9.17) is 9.47 Å². The molecule has 2 rings (SSSR count). The lowest BCUT2D eigenvalue weighted by molar-refractivity contribution is 0.173. The maximum absolute atomic E-state index is 10.4. The molecule has 0 aromatic heterocycles. The van der Waals surface area contributed by atoms with Gasteiger partial charge in [0.2, 0.25) is 0 Å². The first-order chi connectivity index (χ1) is 9.65. The maximum atomic E-state index is 10.4. The number of methoxy groups -OCH3 is 2. The predicted octanol–water partition coefficient (Wildman–Crippen LogP) is 3.74. The number of aliphatic hydroxyl groups excluding tert-OH is 1. The summed E-state index contributed by atoms with van der Waals surface area (Å²) in [5.41, 5.74) is 1.81. The summed E-state index contributed by atoms with van der Waals surface area (Å²) in [5, 5.41) is 10.4. The van der Waals surface area contributed by atoms with Crippen molar-refractivity contribution in [1.82, 2.24) is 0 Å². The number of hydrogen-bond acceptors (Lipinski definition) is 3. The molecule has 106 valence electrons. The summed E-state index contributed by atoms with van der Waals surface area (Å²) in [4.78, 5) is 0. The summed E-state index contributed by atoms with van der Waals surface area (Å²) < 4.78 is 11.5. The van der Waals surface area contributed by atoms with Gasteiger partial charge in [-0.25, -0.2) is 0 Å². The van der Waals surface area contributed by atoms with E-state index in [1.807, 2.05) is 36.4 Å². The molecule has 0 fully saturated rings. The second-order valence-corrected chi connectivity index (χ2v) is 5.27. The van der Waals surface area contributed by atoms with Gasteiger partial charge in [0.25, 0.3) is 0 Å². The van der Waals surface area contributed by atoms with Gasteiger partial charge in [0, 0.05) is 22.5 Å². The molecule has 0 amide bonds. The zero-order valence-electron chi connectivity index (χ0n) is 11.5. The zero-order valence-corrected chi connectivity index (χ0v) is 13.1. The lowest BCUT2D eigenvalue weighted by Crippen LogP contribution is -2.05. The summed E-state index contributed by atoms with van der Waals surface area (Å²) in [6.07, 6.45) is -0.112. The quantitative estimate of drug-likeness (QED) is 0.903. The molecule has 0 saturated heterocycles. The Kier molecular flexibility index (Phi) is 5.04. The molecular weight excluding hydrogens is 320 g/mol. The van der Waals surface area contributed by atoms with Gasteiger partial charge in [-0.3, -0.25) is 0 Å². The Morgan fingerprint density at radius 3 is 2.50 bits per heavy atom. The number of halogens is 1. The van der Waals surface area contributed by atoms with Crippen molar-refractivity contribution in [2.45, 2.75) is 12.5 Å². The van der Waals surface area contributed by atoms with Crippen LogP contribution in [0.4, 0.5) is 0 Å². The number of rotatable bonds is 5. The Morgan fingerprint density at radius 1 is 1.10 bits per heavy atom. The summed E-state index contributed by atoms with van der Waals surface area (Å²) in [6, 6.07) is 13.3. The Balaban J connectivity index is 2.25. The van der Waals surface area contributed by atoms with Gasteiger partial charge in [0.05, 0.1) is 20.3 Å². The van der Waals surface area contributed by atoms with Crippen molar-refractivity contribution in [3.8, 4) is 11.5 Å². The molecule has 2 aromatic rings. The molecule has 0 radical (unpaired) electrons. The number of hydrogen-bond donors (Lipinski definition) is 1. The fourth-order valence-corrected chi connectivity index (χ4v) is 2.52. The smallest absolute Gasteiger partial charge is 0.128 e. The van der Waals surface area contributed by atoms with Crippen molar-refractivity contribution < 1.29 is 14.6 Å². The van der Waals surface area contributed by atoms with Crippen molar-refractivity contribution in [1.29, 1.82) is 0 Å². The van der Waals surface area contributed by atoms with Crippen molar-refractivity contribution in [3.05, 3.63) is 58.1 Å². The van der Waals surface area contributed by atoms with Crippen LogP contribution in [0.5, 0.6) is 11.5 Å². The molecule has 0 bridgehead atoms. The second-order valence-electron chi connectivity index (χ2n) is 4.42. The molecule has 0 spiro atoms. The molecule has 2 aromatic carbocycles. The first kappa shape index (κ1) is 14.9. The van der Waals surface area contributed by atoms with Gasteiger partial charge in [0.15, 0.2) is 0 Å². The molecule has 0 aliphatic carbocycles. The predicted molar refractivity (Wildman–Crippen MR) is 82.4 cm³/mol. The first-order valence-corrected chi connectivity index (χ1v) is 7.08.